The molecule has 0 aliphatic rings. The summed E-state index contributed by atoms with van der Waals surface area (Å²) in [6.07, 6.45) is 1.48. The van der Waals surface area contributed by atoms with Crippen molar-refractivity contribution in [1.82, 2.24) is 5.43 Å². The summed E-state index contributed by atoms with van der Waals surface area (Å²) in [6.45, 7) is 3.54. The van der Waals surface area contributed by atoms with E-state index in [1.165, 1.54) is 17.6 Å². The molecule has 2 amide bonds. The van der Waals surface area contributed by atoms with Crippen LogP contribution in [-0.4, -0.2) is 17.5 Å². The highest BCUT2D eigenvalue weighted by molar-refractivity contribution is 9.11. The molecule has 0 radical (unpaired) electrons. The number of aryl methyl sites for hydroxylation is 1. The van der Waals surface area contributed by atoms with Crippen LogP contribution in [0.4, 0.5) is 5.69 Å². The van der Waals surface area contributed by atoms with Crippen LogP contribution in [0.15, 0.2) is 62.0 Å². The van der Waals surface area contributed by atoms with E-state index in [2.05, 4.69) is 31.8 Å². The Labute approximate surface area is 168 Å². The zero-order valence-corrected chi connectivity index (χ0v) is 17.0. The minimum Gasteiger partial charge on any atom is -0.469 e. The van der Waals surface area contributed by atoms with E-state index in [1.54, 1.807) is 38.1 Å². The fourth-order valence-electron chi connectivity index (χ4n) is 2.30. The Morgan fingerprint density at radius 3 is 2.41 bits per heavy atom. The van der Waals surface area contributed by atoms with E-state index in [0.29, 0.717) is 27.6 Å². The van der Waals surface area contributed by atoms with E-state index < -0.39 is 0 Å². The maximum Gasteiger partial charge on any atom is 0.281 e. The van der Waals surface area contributed by atoms with Crippen LogP contribution < -0.4 is 10.7 Å². The molecule has 0 aliphatic heterocycles. The smallest absolute Gasteiger partial charge is 0.281 e. The van der Waals surface area contributed by atoms with Crippen molar-refractivity contribution >= 4 is 50.5 Å². The lowest BCUT2D eigenvalue weighted by Crippen LogP contribution is -2.18. The predicted octanol–water partition coefficient (Wildman–Crippen LogP) is 4.82. The number of anilines is 1. The summed E-state index contributed by atoms with van der Waals surface area (Å²) in [5, 5.41) is 6.95. The summed E-state index contributed by atoms with van der Waals surface area (Å²) in [6, 6.07) is 12.4. The topological polar surface area (TPSA) is 83.7 Å². The number of carbonyl (C=O) groups excluding carboxylic acids is 2. The maximum atomic E-state index is 12.2. The second-order valence-corrected chi connectivity index (χ2v) is 8.13. The van der Waals surface area contributed by atoms with Crippen LogP contribution in [0.2, 0.25) is 0 Å². The second kappa shape index (κ2) is 8.32. The minimum absolute atomic E-state index is 0.228. The molecule has 138 valence electrons. The Morgan fingerprint density at radius 1 is 1.07 bits per heavy atom. The molecular formula is C19H16BrN3O3S. The summed E-state index contributed by atoms with van der Waals surface area (Å²) in [7, 11) is 0. The van der Waals surface area contributed by atoms with Gasteiger partial charge in [0.15, 0.2) is 0 Å². The number of hydrogen-bond acceptors (Lipinski definition) is 5. The van der Waals surface area contributed by atoms with E-state index in [9.17, 15) is 9.59 Å². The summed E-state index contributed by atoms with van der Waals surface area (Å²) in [4.78, 5) is 24.8. The number of nitrogens with one attached hydrogen (secondary N) is 2. The number of carbonyl (C=O) groups is 2. The zero-order valence-electron chi connectivity index (χ0n) is 14.6. The first kappa shape index (κ1) is 19.1. The number of amides is 2. The van der Waals surface area contributed by atoms with Crippen molar-refractivity contribution in [2.24, 2.45) is 5.10 Å². The van der Waals surface area contributed by atoms with Crippen molar-refractivity contribution in [2.45, 2.75) is 13.8 Å². The van der Waals surface area contributed by atoms with Gasteiger partial charge in [-0.1, -0.05) is 12.1 Å². The molecule has 27 heavy (non-hydrogen) atoms. The third-order valence-electron chi connectivity index (χ3n) is 3.79. The number of furan rings is 1. The number of rotatable bonds is 5. The van der Waals surface area contributed by atoms with Crippen molar-refractivity contribution in [1.29, 1.82) is 0 Å². The Balaban J connectivity index is 1.63. The molecular weight excluding hydrogens is 430 g/mol. The van der Waals surface area contributed by atoms with Crippen LogP contribution >= 0.6 is 27.3 Å². The Hall–Kier alpha value is -2.71. The van der Waals surface area contributed by atoms with Gasteiger partial charge < -0.3 is 9.73 Å². The Morgan fingerprint density at radius 2 is 1.81 bits per heavy atom. The first-order valence-electron chi connectivity index (χ1n) is 8.00. The first-order valence-corrected chi connectivity index (χ1v) is 9.61. The van der Waals surface area contributed by atoms with Gasteiger partial charge in [-0.25, -0.2) is 5.43 Å². The van der Waals surface area contributed by atoms with Gasteiger partial charge in [-0.15, -0.1) is 11.3 Å². The molecule has 0 aliphatic carbocycles. The van der Waals surface area contributed by atoms with Gasteiger partial charge in [0.1, 0.15) is 5.76 Å². The number of benzene rings is 1. The third-order valence-corrected chi connectivity index (χ3v) is 5.41. The zero-order chi connectivity index (χ0) is 19.4. The highest BCUT2D eigenvalue weighted by Gasteiger charge is 2.12. The van der Waals surface area contributed by atoms with Crippen LogP contribution in [-0.2, 0) is 0 Å². The molecule has 0 spiro atoms. The monoisotopic (exact) mass is 445 g/mol. The molecule has 0 unspecified atom stereocenters. The second-order valence-electron chi connectivity index (χ2n) is 5.66. The third kappa shape index (κ3) is 4.72. The maximum absolute atomic E-state index is 12.2. The van der Waals surface area contributed by atoms with Crippen LogP contribution in [0.25, 0.3) is 0 Å². The van der Waals surface area contributed by atoms with E-state index in [4.69, 9.17) is 4.42 Å². The van der Waals surface area contributed by atoms with Gasteiger partial charge in [0, 0.05) is 5.69 Å². The van der Waals surface area contributed by atoms with Gasteiger partial charge in [0.2, 0.25) is 0 Å². The highest BCUT2D eigenvalue weighted by Crippen LogP contribution is 2.21. The van der Waals surface area contributed by atoms with Gasteiger partial charge >= 0.3 is 0 Å². The van der Waals surface area contributed by atoms with Crippen LogP contribution in [0.5, 0.6) is 0 Å². The molecule has 3 aromatic rings. The average molecular weight is 446 g/mol. The fourth-order valence-corrected chi connectivity index (χ4v) is 3.58. The normalized spacial score (nSPS) is 11.3. The quantitative estimate of drug-likeness (QED) is 0.436. The fraction of sp³-hybridized carbons (Fsp3) is 0.105. The number of thiophene rings is 1. The molecule has 0 saturated heterocycles. The van der Waals surface area contributed by atoms with Crippen LogP contribution in [0, 0.1) is 6.92 Å². The van der Waals surface area contributed by atoms with Crippen LogP contribution in [0.1, 0.15) is 38.3 Å². The van der Waals surface area contributed by atoms with Gasteiger partial charge in [-0.3, -0.25) is 9.59 Å². The van der Waals surface area contributed by atoms with Gasteiger partial charge in [-0.2, -0.15) is 5.10 Å². The minimum atomic E-state index is -0.260. The Kier molecular flexibility index (Phi) is 5.88. The molecule has 3 rings (SSSR count). The summed E-state index contributed by atoms with van der Waals surface area (Å²) in [5.41, 5.74) is 5.19. The first-order chi connectivity index (χ1) is 12.9. The van der Waals surface area contributed by atoms with Crippen molar-refractivity contribution in [3.05, 3.63) is 74.3 Å². The lowest BCUT2D eigenvalue weighted by molar-refractivity contribution is 0.0958. The molecule has 0 fully saturated rings. The van der Waals surface area contributed by atoms with Crippen molar-refractivity contribution < 1.29 is 14.0 Å². The summed E-state index contributed by atoms with van der Waals surface area (Å²) >= 11 is 4.66. The van der Waals surface area contributed by atoms with E-state index in [1.807, 2.05) is 18.2 Å². The van der Waals surface area contributed by atoms with Crippen LogP contribution in [0.3, 0.4) is 0 Å². The highest BCUT2D eigenvalue weighted by atomic mass is 79.9. The molecule has 0 atom stereocenters. The van der Waals surface area contributed by atoms with E-state index in [-0.39, 0.29) is 11.8 Å². The van der Waals surface area contributed by atoms with Crippen molar-refractivity contribution in [3.8, 4) is 0 Å². The number of nitrogens with zero attached hydrogens (tertiary/aromatic N) is 1. The molecule has 6 nitrogen and oxygen atoms in total. The number of hydrazone groups is 1. The van der Waals surface area contributed by atoms with Gasteiger partial charge in [0.25, 0.3) is 11.8 Å². The number of hydrogen-bond donors (Lipinski definition) is 2. The van der Waals surface area contributed by atoms with Gasteiger partial charge in [0.05, 0.1) is 26.2 Å². The molecule has 8 heteroatoms. The lowest BCUT2D eigenvalue weighted by atomic mass is 10.1. The molecule has 0 saturated carbocycles. The summed E-state index contributed by atoms with van der Waals surface area (Å²) < 4.78 is 6.03. The number of halogens is 1. The lowest BCUT2D eigenvalue weighted by Gasteiger charge is -2.06. The average Bonchev–Trinajstić information content (AvgIpc) is 3.28. The van der Waals surface area contributed by atoms with Crippen molar-refractivity contribution in [3.63, 3.8) is 0 Å². The summed E-state index contributed by atoms with van der Waals surface area (Å²) in [5.74, 6) is 0.0822. The van der Waals surface area contributed by atoms with E-state index in [0.717, 1.165) is 9.35 Å². The van der Waals surface area contributed by atoms with Gasteiger partial charge in [-0.05, 0) is 65.7 Å². The largest absolute Gasteiger partial charge is 0.469 e. The Bertz CT molecular complexity index is 1010. The molecule has 1 aromatic carbocycles. The molecule has 2 aromatic heterocycles. The molecule has 0 bridgehead atoms. The SMILES string of the molecule is C/C(=N\NC(=O)c1ccc(Br)s1)c1ccc(NC(=O)c2ccoc2C)cc1. The molecule has 2 N–H and O–H groups in total. The van der Waals surface area contributed by atoms with E-state index >= 15 is 0 Å². The standard InChI is InChI=1S/C19H16BrN3O3S/c1-11(22-23-19(25)16-7-8-17(20)27-16)13-3-5-14(6-4-13)21-18(24)15-9-10-26-12(15)2/h3-10H,1-2H3,(H,21,24)(H,23,25)/b22-11+. The predicted molar refractivity (Wildman–Crippen MR) is 110 cm³/mol. The molecule has 2 heterocycles. The van der Waals surface area contributed by atoms with Crippen molar-refractivity contribution in [2.75, 3.05) is 5.32 Å².